The van der Waals surface area contributed by atoms with Crippen molar-refractivity contribution in [3.63, 3.8) is 0 Å². The van der Waals surface area contributed by atoms with Crippen molar-refractivity contribution in [1.82, 2.24) is 10.2 Å². The van der Waals surface area contributed by atoms with Crippen LogP contribution in [0.15, 0.2) is 47.5 Å². The van der Waals surface area contributed by atoms with Gasteiger partial charge in [-0.3, -0.25) is 9.59 Å². The number of phenols is 1. The van der Waals surface area contributed by atoms with E-state index in [-0.39, 0.29) is 35.7 Å². The van der Waals surface area contributed by atoms with Gasteiger partial charge in [0, 0.05) is 50.2 Å². The van der Waals surface area contributed by atoms with Crippen LogP contribution in [-0.4, -0.2) is 75.5 Å². The zero-order valence-corrected chi connectivity index (χ0v) is 36.9. The summed E-state index contributed by atoms with van der Waals surface area (Å²) in [5, 5.41) is 26.2. The quantitative estimate of drug-likeness (QED) is 0.143. The van der Waals surface area contributed by atoms with E-state index in [0.717, 1.165) is 88.4 Å². The summed E-state index contributed by atoms with van der Waals surface area (Å²) in [6.45, 7) is 6.78. The molecule has 0 aromatic heterocycles. The van der Waals surface area contributed by atoms with Crippen molar-refractivity contribution >= 4 is 39.4 Å². The van der Waals surface area contributed by atoms with Gasteiger partial charge < -0.3 is 35.6 Å². The summed E-state index contributed by atoms with van der Waals surface area (Å²) >= 11 is 0. The molecule has 1 saturated carbocycles. The van der Waals surface area contributed by atoms with Crippen molar-refractivity contribution in [2.45, 2.75) is 161 Å². The van der Waals surface area contributed by atoms with E-state index in [4.69, 9.17) is 15.2 Å². The van der Waals surface area contributed by atoms with E-state index in [9.17, 15) is 19.8 Å². The topological polar surface area (TPSA) is 147 Å². The van der Waals surface area contributed by atoms with Gasteiger partial charge in [-0.1, -0.05) is 84.7 Å². The van der Waals surface area contributed by atoms with Gasteiger partial charge >= 0.3 is 5.97 Å². The van der Waals surface area contributed by atoms with Crippen LogP contribution in [-0.2, 0) is 33.7 Å². The highest BCUT2D eigenvalue weighted by molar-refractivity contribution is 8.76. The summed E-state index contributed by atoms with van der Waals surface area (Å²) in [6, 6.07) is 14.6. The van der Waals surface area contributed by atoms with E-state index in [1.807, 2.05) is 27.8 Å². The molecule has 5 rings (SSSR count). The van der Waals surface area contributed by atoms with Gasteiger partial charge in [-0.25, -0.2) is 4.99 Å². The first kappa shape index (κ1) is 46.0. The van der Waals surface area contributed by atoms with Crippen LogP contribution in [0.5, 0.6) is 11.5 Å². The van der Waals surface area contributed by atoms with Crippen LogP contribution >= 0.6 is 21.6 Å². The lowest BCUT2D eigenvalue weighted by atomic mass is 9.90. The van der Waals surface area contributed by atoms with Gasteiger partial charge in [0.15, 0.2) is 17.5 Å². The fourth-order valence-electron chi connectivity index (χ4n) is 8.83. The molecule has 12 heteroatoms. The number of fused-ring (bicyclic) bond motifs is 4. The molecule has 5 unspecified atom stereocenters. The Labute approximate surface area is 355 Å². The molecule has 2 heterocycles. The summed E-state index contributed by atoms with van der Waals surface area (Å²) in [5.41, 5.74) is 9.31. The number of benzene rings is 2. The second-order valence-electron chi connectivity index (χ2n) is 17.3. The van der Waals surface area contributed by atoms with E-state index in [1.54, 1.807) is 10.8 Å². The van der Waals surface area contributed by atoms with E-state index >= 15 is 0 Å². The molecule has 5 atom stereocenters. The Morgan fingerprint density at radius 2 is 1.76 bits per heavy atom. The number of rotatable bonds is 9. The number of phenolic OH excluding ortho intramolecular Hbond substituents is 1. The molecule has 2 fully saturated rings. The molecule has 4 bridgehead atoms. The molecule has 5 N–H and O–H groups in total. The van der Waals surface area contributed by atoms with Gasteiger partial charge in [0.05, 0.1) is 18.1 Å². The van der Waals surface area contributed by atoms with Crippen LogP contribution in [0, 0.1) is 17.8 Å². The number of nitrogens with one attached hydrogen (secondary N) is 1. The third-order valence-corrected chi connectivity index (χ3v) is 14.3. The van der Waals surface area contributed by atoms with Crippen molar-refractivity contribution in [3.05, 3.63) is 59.2 Å². The number of nitrogens with zero attached hydrogens (tertiary/aromatic N) is 2. The maximum absolute atomic E-state index is 13.8. The molecule has 1 aliphatic carbocycles. The highest BCUT2D eigenvalue weighted by atomic mass is 33.1. The average molecular weight is 839 g/mol. The Balaban J connectivity index is 1.36. The molecular formula is C46H70N4O6S2. The first-order chi connectivity index (χ1) is 28.0. The number of nitrogens with two attached hydrogens (primary N) is 1. The molecule has 2 aromatic rings. The molecule has 2 aromatic carbocycles. The van der Waals surface area contributed by atoms with E-state index < -0.39 is 12.2 Å². The lowest BCUT2D eigenvalue weighted by Gasteiger charge is -2.30. The number of aliphatic imine (C=N–C) groups is 1. The second-order valence-corrected chi connectivity index (χ2v) is 19.8. The number of esters is 1. The third-order valence-electron chi connectivity index (χ3n) is 12.1. The number of guanidine groups is 1. The second kappa shape index (κ2) is 24.2. The zero-order chi connectivity index (χ0) is 41.3. The van der Waals surface area contributed by atoms with E-state index in [2.05, 4.69) is 54.5 Å². The summed E-state index contributed by atoms with van der Waals surface area (Å²) in [7, 11) is 3.57. The monoisotopic (exact) mass is 838 g/mol. The minimum Gasteiger partial charge on any atom is -0.504 e. The number of aromatic hydroxyl groups is 1. The summed E-state index contributed by atoms with van der Waals surface area (Å²) in [4.78, 5) is 32.6. The number of carbonyl (C=O) groups is 2. The average Bonchev–Trinajstić information content (AvgIpc) is 3.81. The molecule has 2 aliphatic heterocycles. The zero-order valence-electron chi connectivity index (χ0n) is 35.2. The number of carbonyl (C=O) groups excluding carboxylic acids is 2. The normalized spacial score (nSPS) is 25.3. The highest BCUT2D eigenvalue weighted by Gasteiger charge is 2.39. The third kappa shape index (κ3) is 15.5. The van der Waals surface area contributed by atoms with Gasteiger partial charge in [-0.15, -0.1) is 0 Å². The highest BCUT2D eigenvalue weighted by Crippen LogP contribution is 2.40. The maximum Gasteiger partial charge on any atom is 0.302 e. The number of amides is 1. The fourth-order valence-corrected chi connectivity index (χ4v) is 11.0. The lowest BCUT2D eigenvalue weighted by molar-refractivity contribution is -0.148. The Bertz CT molecular complexity index is 1590. The molecule has 1 amide bonds. The number of aliphatic hydroxyl groups is 1. The molecular weight excluding hydrogens is 769 g/mol. The molecule has 3 aliphatic rings. The van der Waals surface area contributed by atoms with Gasteiger partial charge in [-0.05, 0) is 118 Å². The van der Waals surface area contributed by atoms with Crippen molar-refractivity contribution in [3.8, 4) is 11.5 Å². The molecule has 58 heavy (non-hydrogen) atoms. The lowest BCUT2D eigenvalue weighted by Crippen LogP contribution is -2.37. The van der Waals surface area contributed by atoms with Gasteiger partial charge in [0.2, 0.25) is 5.91 Å². The summed E-state index contributed by atoms with van der Waals surface area (Å²) in [6.07, 6.45) is 13.5. The SMILES string of the molecule is CC(=O)OC1CCc2cc(c(O)c(OC3CCCC3)c2)CN2C(=O)CC(CCNC(N)=NCSSCC(CCc3ccccc3)CCCCC(O)C1)C2CCC(C)C. The van der Waals surface area contributed by atoms with Crippen molar-refractivity contribution in [1.29, 1.82) is 0 Å². The predicted molar refractivity (Wildman–Crippen MR) is 238 cm³/mol. The standard InChI is InChI=1S/C46H70N4O6S2/c1-32(2)17-22-42-37-23-24-48-46(47)49-31-58-57-30-35(19-18-34-11-5-4-6-12-34)13-7-8-14-39(52)28-41(55-33(3)51)21-20-36-25-38(29-50(42)44(53)27-37)45(54)43(26-36)56-40-15-9-10-16-40/h4-6,11-12,25-26,32,35,37,39-42,52,54H,7-10,13-24,27-31H2,1-3H3,(H3,47,48,49). The molecule has 1 saturated heterocycles. The number of ether oxygens (including phenoxy) is 2. The number of aliphatic hydroxyl groups excluding tert-OH is 1. The largest absolute Gasteiger partial charge is 0.504 e. The van der Waals surface area contributed by atoms with Gasteiger partial charge in [0.1, 0.15) is 6.10 Å². The Morgan fingerprint density at radius 3 is 2.52 bits per heavy atom. The smallest absolute Gasteiger partial charge is 0.302 e. The number of hydrogen-bond donors (Lipinski definition) is 4. The van der Waals surface area contributed by atoms with Crippen molar-refractivity contribution in [2.75, 3.05) is 18.2 Å². The van der Waals surface area contributed by atoms with Crippen molar-refractivity contribution < 1.29 is 29.3 Å². The van der Waals surface area contributed by atoms with Crippen LogP contribution in [0.1, 0.15) is 134 Å². The predicted octanol–water partition coefficient (Wildman–Crippen LogP) is 8.94. The maximum atomic E-state index is 13.8. The first-order valence-electron chi connectivity index (χ1n) is 22.0. The molecule has 322 valence electrons. The van der Waals surface area contributed by atoms with Crippen molar-refractivity contribution in [2.24, 2.45) is 28.5 Å². The minimum absolute atomic E-state index is 0.0345. The van der Waals surface area contributed by atoms with E-state index in [0.29, 0.717) is 80.2 Å². The Hall–Kier alpha value is -3.09. The first-order valence-corrected chi connectivity index (χ1v) is 24.5. The number of aryl methyl sites for hydroxylation is 2. The molecule has 0 spiro atoms. The summed E-state index contributed by atoms with van der Waals surface area (Å²) < 4.78 is 12.2. The fraction of sp³-hybridized carbons (Fsp3) is 0.674. The molecule has 10 nitrogen and oxygen atoms in total. The minimum atomic E-state index is -0.582. The van der Waals surface area contributed by atoms with Gasteiger partial charge in [-0.2, -0.15) is 0 Å². The van der Waals surface area contributed by atoms with Gasteiger partial charge in [0.25, 0.3) is 0 Å². The Morgan fingerprint density at radius 1 is 1.00 bits per heavy atom. The van der Waals surface area contributed by atoms with E-state index in [1.165, 1.54) is 12.5 Å². The summed E-state index contributed by atoms with van der Waals surface area (Å²) in [5.74, 6) is 3.49. The number of hydrogen-bond acceptors (Lipinski definition) is 11. The van der Waals surface area contributed by atoms with Crippen LogP contribution in [0.4, 0.5) is 0 Å². The molecule has 0 radical (unpaired) electrons. The Kier molecular flexibility index (Phi) is 19.2. The van der Waals surface area contributed by atoms with Crippen LogP contribution < -0.4 is 15.8 Å². The van der Waals surface area contributed by atoms with Crippen LogP contribution in [0.3, 0.4) is 0 Å². The van der Waals surface area contributed by atoms with Crippen LogP contribution in [0.25, 0.3) is 0 Å². The van der Waals surface area contributed by atoms with Crippen LogP contribution in [0.2, 0.25) is 0 Å².